The van der Waals surface area contributed by atoms with Crippen LogP contribution in [-0.2, 0) is 6.42 Å². The molecule has 2 heterocycles. The number of guanidine groups is 2. The minimum atomic E-state index is 0.107. The summed E-state index contributed by atoms with van der Waals surface area (Å²) in [4.78, 5) is 12.5. The van der Waals surface area contributed by atoms with Crippen LogP contribution in [0.1, 0.15) is 18.7 Å². The number of rotatable bonds is 3. The summed E-state index contributed by atoms with van der Waals surface area (Å²) >= 11 is 1.78. The highest BCUT2D eigenvalue weighted by atomic mass is 32.1. The fourth-order valence-electron chi connectivity index (χ4n) is 1.84. The van der Waals surface area contributed by atoms with Gasteiger partial charge in [-0.25, -0.2) is 9.98 Å². The van der Waals surface area contributed by atoms with Crippen molar-refractivity contribution in [1.29, 1.82) is 0 Å². The van der Waals surface area contributed by atoms with Gasteiger partial charge in [0.2, 0.25) is 5.96 Å². The van der Waals surface area contributed by atoms with E-state index in [0.717, 1.165) is 18.9 Å². The first-order valence-corrected chi connectivity index (χ1v) is 7.36. The standard InChI is InChI=1S/C13H21N5S/c1-9-10(2)16-13(17-12(14)15-9)18(3)7-6-11-5-4-8-19-11/h4-5,8-10H,6-7H2,1-3H3,(H3,14,15,16,17). The fourth-order valence-corrected chi connectivity index (χ4v) is 2.54. The van der Waals surface area contributed by atoms with Crippen molar-refractivity contribution < 1.29 is 0 Å². The van der Waals surface area contributed by atoms with Crippen molar-refractivity contribution >= 4 is 23.3 Å². The first-order valence-electron chi connectivity index (χ1n) is 6.48. The van der Waals surface area contributed by atoms with Crippen molar-refractivity contribution in [2.24, 2.45) is 15.7 Å². The lowest BCUT2D eigenvalue weighted by Gasteiger charge is -2.21. The Bertz CT molecular complexity index is 465. The highest BCUT2D eigenvalue weighted by Gasteiger charge is 2.18. The molecule has 6 heteroatoms. The monoisotopic (exact) mass is 279 g/mol. The van der Waals surface area contributed by atoms with E-state index in [4.69, 9.17) is 5.73 Å². The van der Waals surface area contributed by atoms with Crippen LogP contribution in [0.2, 0.25) is 0 Å². The number of nitrogens with zero attached hydrogens (tertiary/aromatic N) is 3. The summed E-state index contributed by atoms with van der Waals surface area (Å²) in [7, 11) is 2.02. The molecule has 1 aromatic rings. The normalized spacial score (nSPS) is 23.1. The van der Waals surface area contributed by atoms with Crippen molar-refractivity contribution in [1.82, 2.24) is 10.2 Å². The maximum absolute atomic E-state index is 5.84. The molecule has 0 radical (unpaired) electrons. The van der Waals surface area contributed by atoms with Gasteiger partial charge in [0.25, 0.3) is 0 Å². The number of hydrogen-bond donors (Lipinski definition) is 2. The van der Waals surface area contributed by atoms with Crippen LogP contribution >= 0.6 is 11.3 Å². The largest absolute Gasteiger partial charge is 0.370 e. The van der Waals surface area contributed by atoms with Crippen molar-refractivity contribution in [3.63, 3.8) is 0 Å². The SMILES string of the molecule is CC1N=C(N)NC(N(C)CCc2cccs2)=NC1C. The molecule has 1 aromatic heterocycles. The van der Waals surface area contributed by atoms with Gasteiger partial charge in [-0.2, -0.15) is 0 Å². The van der Waals surface area contributed by atoms with Gasteiger partial charge in [0.1, 0.15) is 0 Å². The maximum Gasteiger partial charge on any atom is 0.200 e. The average molecular weight is 279 g/mol. The summed E-state index contributed by atoms with van der Waals surface area (Å²) in [5.41, 5.74) is 5.84. The van der Waals surface area contributed by atoms with Crippen molar-refractivity contribution in [3.8, 4) is 0 Å². The second-order valence-electron chi connectivity index (χ2n) is 4.82. The first-order chi connectivity index (χ1) is 9.06. The topological polar surface area (TPSA) is 66.0 Å². The molecule has 0 saturated carbocycles. The quantitative estimate of drug-likeness (QED) is 0.876. The minimum absolute atomic E-state index is 0.107. The van der Waals surface area contributed by atoms with Gasteiger partial charge in [-0.3, -0.25) is 5.32 Å². The van der Waals surface area contributed by atoms with E-state index >= 15 is 0 Å². The summed E-state index contributed by atoms with van der Waals surface area (Å²) < 4.78 is 0. The number of nitrogens with two attached hydrogens (primary N) is 1. The fraction of sp³-hybridized carbons (Fsp3) is 0.538. The van der Waals surface area contributed by atoms with E-state index in [2.05, 4.69) is 44.6 Å². The molecule has 0 saturated heterocycles. The molecule has 3 N–H and O–H groups in total. The second-order valence-corrected chi connectivity index (χ2v) is 5.86. The average Bonchev–Trinajstić information content (AvgIpc) is 2.83. The highest BCUT2D eigenvalue weighted by molar-refractivity contribution is 7.09. The van der Waals surface area contributed by atoms with Crippen LogP contribution in [0.5, 0.6) is 0 Å². The van der Waals surface area contributed by atoms with E-state index in [1.165, 1.54) is 4.88 Å². The number of likely N-dealkylation sites (N-methyl/N-ethyl adjacent to an activating group) is 1. The highest BCUT2D eigenvalue weighted by Crippen LogP contribution is 2.10. The molecular weight excluding hydrogens is 258 g/mol. The van der Waals surface area contributed by atoms with Gasteiger partial charge in [-0.15, -0.1) is 11.3 Å². The zero-order chi connectivity index (χ0) is 13.8. The molecule has 104 valence electrons. The Labute approximate surface area is 118 Å². The van der Waals surface area contributed by atoms with Crippen LogP contribution in [-0.4, -0.2) is 42.5 Å². The third-order valence-electron chi connectivity index (χ3n) is 3.24. The zero-order valence-electron chi connectivity index (χ0n) is 11.6. The molecule has 0 spiro atoms. The Hall–Kier alpha value is -1.56. The first kappa shape index (κ1) is 13.9. The number of thiophene rings is 1. The molecule has 5 nitrogen and oxygen atoms in total. The lowest BCUT2D eigenvalue weighted by Crippen LogP contribution is -2.45. The van der Waals surface area contributed by atoms with Crippen molar-refractivity contribution in [2.75, 3.05) is 13.6 Å². The van der Waals surface area contributed by atoms with Gasteiger partial charge in [-0.1, -0.05) is 6.07 Å². The van der Waals surface area contributed by atoms with Gasteiger partial charge in [0.05, 0.1) is 12.1 Å². The van der Waals surface area contributed by atoms with Crippen LogP contribution in [0, 0.1) is 0 Å². The lowest BCUT2D eigenvalue weighted by atomic mass is 10.2. The van der Waals surface area contributed by atoms with Crippen LogP contribution in [0.25, 0.3) is 0 Å². The van der Waals surface area contributed by atoms with E-state index in [0.29, 0.717) is 5.96 Å². The summed E-state index contributed by atoms with van der Waals surface area (Å²) in [6, 6.07) is 4.47. The van der Waals surface area contributed by atoms with E-state index in [-0.39, 0.29) is 12.1 Å². The molecule has 0 fully saturated rings. The third kappa shape index (κ3) is 3.70. The van der Waals surface area contributed by atoms with Crippen LogP contribution in [0.15, 0.2) is 27.5 Å². The molecule has 2 atom stereocenters. The van der Waals surface area contributed by atoms with Crippen molar-refractivity contribution in [2.45, 2.75) is 32.4 Å². The Morgan fingerprint density at radius 2 is 2.11 bits per heavy atom. The van der Waals surface area contributed by atoms with Gasteiger partial charge < -0.3 is 10.6 Å². The lowest BCUT2D eigenvalue weighted by molar-refractivity contribution is 0.489. The van der Waals surface area contributed by atoms with Crippen LogP contribution < -0.4 is 11.1 Å². The van der Waals surface area contributed by atoms with Crippen molar-refractivity contribution in [3.05, 3.63) is 22.4 Å². The Morgan fingerprint density at radius 3 is 2.79 bits per heavy atom. The molecule has 2 rings (SSSR count). The molecule has 1 aliphatic rings. The van der Waals surface area contributed by atoms with Gasteiger partial charge >= 0.3 is 0 Å². The smallest absolute Gasteiger partial charge is 0.200 e. The molecule has 0 aliphatic carbocycles. The predicted octanol–water partition coefficient (Wildman–Crippen LogP) is 1.27. The molecule has 0 aromatic carbocycles. The van der Waals surface area contributed by atoms with Crippen LogP contribution in [0.3, 0.4) is 0 Å². The minimum Gasteiger partial charge on any atom is -0.370 e. The Balaban J connectivity index is 1.99. The number of hydrogen-bond acceptors (Lipinski definition) is 6. The third-order valence-corrected chi connectivity index (χ3v) is 4.18. The van der Waals surface area contributed by atoms with E-state index in [1.807, 2.05) is 14.0 Å². The zero-order valence-corrected chi connectivity index (χ0v) is 12.4. The van der Waals surface area contributed by atoms with E-state index < -0.39 is 0 Å². The van der Waals surface area contributed by atoms with E-state index in [1.54, 1.807) is 11.3 Å². The number of aliphatic imine (C=N–C) groups is 2. The molecule has 1 aliphatic heterocycles. The summed E-state index contributed by atoms with van der Waals surface area (Å²) in [5.74, 6) is 1.24. The summed E-state index contributed by atoms with van der Waals surface area (Å²) in [6.07, 6.45) is 1.01. The number of nitrogens with one attached hydrogen (secondary N) is 1. The maximum atomic E-state index is 5.84. The van der Waals surface area contributed by atoms with E-state index in [9.17, 15) is 0 Å². The second kappa shape index (κ2) is 6.06. The molecule has 19 heavy (non-hydrogen) atoms. The van der Waals surface area contributed by atoms with Gasteiger partial charge in [0.15, 0.2) is 5.96 Å². The Morgan fingerprint density at radius 1 is 1.37 bits per heavy atom. The predicted molar refractivity (Wildman–Crippen MR) is 81.8 cm³/mol. The molecule has 0 amide bonds. The molecule has 2 unspecified atom stereocenters. The Kier molecular flexibility index (Phi) is 4.42. The van der Waals surface area contributed by atoms with Gasteiger partial charge in [-0.05, 0) is 31.7 Å². The molecule has 0 bridgehead atoms. The summed E-state index contributed by atoms with van der Waals surface area (Å²) in [5, 5.41) is 5.18. The van der Waals surface area contributed by atoms with Crippen LogP contribution in [0.4, 0.5) is 0 Å². The van der Waals surface area contributed by atoms with Gasteiger partial charge in [0, 0.05) is 18.5 Å². The molecular formula is C13H21N5S. The summed E-state index contributed by atoms with van der Waals surface area (Å²) in [6.45, 7) is 4.99.